The van der Waals surface area contributed by atoms with Crippen molar-refractivity contribution in [1.82, 2.24) is 0 Å². The minimum absolute atomic E-state index is 0.00629. The summed E-state index contributed by atoms with van der Waals surface area (Å²) in [6, 6.07) is 0. The summed E-state index contributed by atoms with van der Waals surface area (Å²) in [5.41, 5.74) is 5.44. The van der Waals surface area contributed by atoms with E-state index in [1.807, 2.05) is 6.92 Å². The van der Waals surface area contributed by atoms with Crippen molar-refractivity contribution in [3.63, 3.8) is 0 Å². The van der Waals surface area contributed by atoms with Gasteiger partial charge in [0.2, 0.25) is 0 Å². The van der Waals surface area contributed by atoms with Gasteiger partial charge in [0.1, 0.15) is 6.10 Å². The third-order valence-electron chi connectivity index (χ3n) is 4.08. The molecular weight excluding hydrogens is 214 g/mol. The van der Waals surface area contributed by atoms with E-state index in [1.165, 1.54) is 6.42 Å². The topological polar surface area (TPSA) is 52.3 Å². The Morgan fingerprint density at radius 2 is 2.06 bits per heavy atom. The zero-order chi connectivity index (χ0) is 12.8. The van der Waals surface area contributed by atoms with Crippen LogP contribution in [0.3, 0.4) is 0 Å². The molecule has 0 aromatic heterocycles. The highest BCUT2D eigenvalue weighted by Crippen LogP contribution is 2.31. The zero-order valence-electron chi connectivity index (χ0n) is 11.4. The van der Waals surface area contributed by atoms with Crippen molar-refractivity contribution in [2.45, 2.75) is 59.0 Å². The van der Waals surface area contributed by atoms with Gasteiger partial charge in [0, 0.05) is 0 Å². The van der Waals surface area contributed by atoms with E-state index < -0.39 is 0 Å². The highest BCUT2D eigenvalue weighted by Gasteiger charge is 2.28. The van der Waals surface area contributed by atoms with Crippen molar-refractivity contribution in [2.24, 2.45) is 23.5 Å². The van der Waals surface area contributed by atoms with Gasteiger partial charge in [0.05, 0.1) is 5.92 Å². The SMILES string of the molecule is CC(CCCN)C(=O)OC1CCC(C)C(C)C1. The van der Waals surface area contributed by atoms with Crippen LogP contribution in [0.2, 0.25) is 0 Å². The number of rotatable bonds is 5. The molecule has 1 aliphatic carbocycles. The number of carbonyl (C=O) groups excluding carboxylic acids is 1. The molecule has 1 fully saturated rings. The molecule has 1 rings (SSSR count). The summed E-state index contributed by atoms with van der Waals surface area (Å²) in [7, 11) is 0. The van der Waals surface area contributed by atoms with Crippen molar-refractivity contribution in [3.8, 4) is 0 Å². The summed E-state index contributed by atoms with van der Waals surface area (Å²) < 4.78 is 5.59. The number of esters is 1. The number of ether oxygens (including phenoxy) is 1. The Kier molecular flexibility index (Phi) is 5.96. The molecule has 3 heteroatoms. The van der Waals surface area contributed by atoms with Crippen LogP contribution in [0, 0.1) is 17.8 Å². The Hall–Kier alpha value is -0.570. The fourth-order valence-electron chi connectivity index (χ4n) is 2.43. The summed E-state index contributed by atoms with van der Waals surface area (Å²) in [6.45, 7) is 7.12. The minimum atomic E-state index is -0.0368. The average molecular weight is 241 g/mol. The van der Waals surface area contributed by atoms with Gasteiger partial charge in [-0.25, -0.2) is 0 Å². The molecule has 0 saturated heterocycles. The van der Waals surface area contributed by atoms with Crippen LogP contribution in [0.1, 0.15) is 52.9 Å². The zero-order valence-corrected chi connectivity index (χ0v) is 11.4. The van der Waals surface area contributed by atoms with Crippen LogP contribution in [0.25, 0.3) is 0 Å². The van der Waals surface area contributed by atoms with E-state index in [2.05, 4.69) is 13.8 Å². The molecule has 100 valence electrons. The molecular formula is C14H27NO2. The minimum Gasteiger partial charge on any atom is -0.462 e. The molecule has 0 aromatic carbocycles. The first kappa shape index (κ1) is 14.5. The lowest BCUT2D eigenvalue weighted by Crippen LogP contribution is -2.30. The molecule has 1 saturated carbocycles. The summed E-state index contributed by atoms with van der Waals surface area (Å²) >= 11 is 0. The van der Waals surface area contributed by atoms with Crippen LogP contribution in [-0.2, 0) is 9.53 Å². The molecule has 2 N–H and O–H groups in total. The predicted molar refractivity (Wildman–Crippen MR) is 69.5 cm³/mol. The lowest BCUT2D eigenvalue weighted by Gasteiger charge is -2.32. The maximum absolute atomic E-state index is 11.8. The molecule has 4 unspecified atom stereocenters. The summed E-state index contributed by atoms with van der Waals surface area (Å²) in [4.78, 5) is 11.8. The molecule has 3 nitrogen and oxygen atoms in total. The first-order valence-corrected chi connectivity index (χ1v) is 6.95. The molecule has 0 aliphatic heterocycles. The molecule has 0 radical (unpaired) electrons. The highest BCUT2D eigenvalue weighted by molar-refractivity contribution is 5.72. The fourth-order valence-corrected chi connectivity index (χ4v) is 2.43. The third-order valence-corrected chi connectivity index (χ3v) is 4.08. The lowest BCUT2D eigenvalue weighted by atomic mass is 9.80. The number of carbonyl (C=O) groups is 1. The number of nitrogens with two attached hydrogens (primary N) is 1. The molecule has 17 heavy (non-hydrogen) atoms. The quantitative estimate of drug-likeness (QED) is 0.753. The monoisotopic (exact) mass is 241 g/mol. The smallest absolute Gasteiger partial charge is 0.308 e. The Labute approximate surface area is 105 Å². The van der Waals surface area contributed by atoms with Gasteiger partial charge in [0.15, 0.2) is 0 Å². The third kappa shape index (κ3) is 4.66. The molecule has 0 amide bonds. The van der Waals surface area contributed by atoms with Gasteiger partial charge in [-0.1, -0.05) is 20.8 Å². The van der Waals surface area contributed by atoms with Crippen LogP contribution in [0.4, 0.5) is 0 Å². The van der Waals surface area contributed by atoms with E-state index >= 15 is 0 Å². The molecule has 1 aliphatic rings. The van der Waals surface area contributed by atoms with Crippen molar-refractivity contribution in [1.29, 1.82) is 0 Å². The van der Waals surface area contributed by atoms with Gasteiger partial charge in [-0.3, -0.25) is 4.79 Å². The first-order valence-electron chi connectivity index (χ1n) is 6.95. The van der Waals surface area contributed by atoms with E-state index in [0.29, 0.717) is 12.5 Å². The van der Waals surface area contributed by atoms with Crippen LogP contribution >= 0.6 is 0 Å². The van der Waals surface area contributed by atoms with Crippen LogP contribution in [-0.4, -0.2) is 18.6 Å². The van der Waals surface area contributed by atoms with E-state index in [9.17, 15) is 4.79 Å². The second kappa shape index (κ2) is 7.00. The first-order chi connectivity index (χ1) is 8.04. The molecule has 4 atom stereocenters. The van der Waals surface area contributed by atoms with Gasteiger partial charge in [-0.2, -0.15) is 0 Å². The number of hydrogen-bond donors (Lipinski definition) is 1. The van der Waals surface area contributed by atoms with E-state index in [4.69, 9.17) is 10.5 Å². The molecule has 0 aromatic rings. The standard InChI is InChI=1S/C14H27NO2/c1-10-6-7-13(9-12(10)3)17-14(16)11(2)5-4-8-15/h10-13H,4-9,15H2,1-3H3. The summed E-state index contributed by atoms with van der Waals surface area (Å²) in [5, 5.41) is 0. The Balaban J connectivity index is 2.31. The van der Waals surface area contributed by atoms with E-state index in [1.54, 1.807) is 0 Å². The predicted octanol–water partition coefficient (Wildman–Crippen LogP) is 2.73. The van der Waals surface area contributed by atoms with Crippen molar-refractivity contribution in [3.05, 3.63) is 0 Å². The summed E-state index contributed by atoms with van der Waals surface area (Å²) in [6.07, 6.45) is 5.12. The van der Waals surface area contributed by atoms with E-state index in [0.717, 1.165) is 31.6 Å². The van der Waals surface area contributed by atoms with Crippen LogP contribution in [0.5, 0.6) is 0 Å². The maximum Gasteiger partial charge on any atom is 0.308 e. The molecule has 0 spiro atoms. The normalized spacial score (nSPS) is 30.9. The van der Waals surface area contributed by atoms with E-state index in [-0.39, 0.29) is 18.0 Å². The highest BCUT2D eigenvalue weighted by atomic mass is 16.5. The Morgan fingerprint density at radius 3 is 2.65 bits per heavy atom. The Bertz CT molecular complexity index is 242. The largest absolute Gasteiger partial charge is 0.462 e. The Morgan fingerprint density at radius 1 is 1.35 bits per heavy atom. The van der Waals surface area contributed by atoms with Crippen LogP contribution in [0.15, 0.2) is 0 Å². The van der Waals surface area contributed by atoms with Gasteiger partial charge in [-0.05, 0) is 50.5 Å². The lowest BCUT2D eigenvalue weighted by molar-refractivity contribution is -0.156. The van der Waals surface area contributed by atoms with Gasteiger partial charge in [0.25, 0.3) is 0 Å². The second-order valence-electron chi connectivity index (χ2n) is 5.66. The van der Waals surface area contributed by atoms with Crippen molar-refractivity contribution < 1.29 is 9.53 Å². The maximum atomic E-state index is 11.8. The molecule has 0 heterocycles. The average Bonchev–Trinajstić information content (AvgIpc) is 2.30. The molecule has 0 bridgehead atoms. The van der Waals surface area contributed by atoms with Crippen molar-refractivity contribution in [2.75, 3.05) is 6.54 Å². The van der Waals surface area contributed by atoms with Crippen molar-refractivity contribution >= 4 is 5.97 Å². The second-order valence-corrected chi connectivity index (χ2v) is 5.66. The van der Waals surface area contributed by atoms with Gasteiger partial charge < -0.3 is 10.5 Å². The fraction of sp³-hybridized carbons (Fsp3) is 0.929. The van der Waals surface area contributed by atoms with Crippen LogP contribution < -0.4 is 5.73 Å². The number of hydrogen-bond acceptors (Lipinski definition) is 3. The van der Waals surface area contributed by atoms with Gasteiger partial charge >= 0.3 is 5.97 Å². The van der Waals surface area contributed by atoms with Gasteiger partial charge in [-0.15, -0.1) is 0 Å². The summed E-state index contributed by atoms with van der Waals surface area (Å²) in [5.74, 6) is 1.39.